The Bertz CT molecular complexity index is 1210. The topological polar surface area (TPSA) is 52.7 Å². The summed E-state index contributed by atoms with van der Waals surface area (Å²) in [5, 5.41) is 17.2. The molecule has 0 radical (unpaired) electrons. The number of hydrogen-bond acceptors (Lipinski definition) is 5. The zero-order valence-electron chi connectivity index (χ0n) is 19.0. The van der Waals surface area contributed by atoms with Crippen molar-refractivity contribution in [2.24, 2.45) is 17.3 Å². The molecule has 3 aromatic carbocycles. The van der Waals surface area contributed by atoms with Gasteiger partial charge < -0.3 is 27.6 Å². The maximum absolute atomic E-state index is 4.63. The maximum Gasteiger partial charge on any atom is 0.408 e. The number of anilines is 2. The Morgan fingerprint density at radius 1 is 0.758 bits per heavy atom. The van der Waals surface area contributed by atoms with E-state index in [1.165, 1.54) is 21.7 Å². The van der Waals surface area contributed by atoms with Gasteiger partial charge in [-0.15, -0.1) is 0 Å². The van der Waals surface area contributed by atoms with Crippen molar-refractivity contribution in [2.45, 2.75) is 26.9 Å². The number of nitrogens with one attached hydrogen (secondary N) is 2. The lowest BCUT2D eigenvalue weighted by molar-refractivity contribution is -0.660. The van der Waals surface area contributed by atoms with Crippen molar-refractivity contribution >= 4 is 33.5 Å². The second kappa shape index (κ2) is 11.7. The Morgan fingerprint density at radius 3 is 1.94 bits per heavy atom. The zero-order valence-corrected chi connectivity index (χ0v) is 21.5. The molecule has 0 spiro atoms. The van der Waals surface area contributed by atoms with Crippen molar-refractivity contribution in [1.82, 2.24) is 0 Å². The molecule has 4 rings (SSSR count). The molecule has 0 saturated heterocycles. The molecule has 0 aliphatic heterocycles. The molecule has 4 aromatic rings. The zero-order chi connectivity index (χ0) is 22.3. The summed E-state index contributed by atoms with van der Waals surface area (Å²) in [7, 11) is 2.03. The number of azo groups is 1. The maximum atomic E-state index is 4.63. The number of halogens is 1. The molecule has 1 aromatic heterocycles. The van der Waals surface area contributed by atoms with Gasteiger partial charge in [-0.3, -0.25) is 0 Å². The van der Waals surface area contributed by atoms with Crippen molar-refractivity contribution in [3.05, 3.63) is 101 Å². The molecule has 0 fully saturated rings. The van der Waals surface area contributed by atoms with Gasteiger partial charge >= 0.3 is 5.13 Å². The van der Waals surface area contributed by atoms with Gasteiger partial charge in [-0.2, -0.15) is 0 Å². The molecule has 5 nitrogen and oxygen atoms in total. The number of hydrogen-bond donors (Lipinski definition) is 2. The Labute approximate surface area is 210 Å². The van der Waals surface area contributed by atoms with Crippen LogP contribution in [0.25, 0.3) is 0 Å². The van der Waals surface area contributed by atoms with Crippen LogP contribution in [0.3, 0.4) is 0 Å². The fourth-order valence-electron chi connectivity index (χ4n) is 3.38. The summed E-state index contributed by atoms with van der Waals surface area (Å²) < 4.78 is 2.08. The van der Waals surface area contributed by atoms with E-state index in [1.807, 2.05) is 31.3 Å². The fraction of sp³-hybridized carbons (Fsp3) is 0.192. The van der Waals surface area contributed by atoms with Gasteiger partial charge in [0, 0.05) is 13.1 Å². The highest BCUT2D eigenvalue weighted by Crippen LogP contribution is 2.35. The molecular formula is C26H28BrN5S. The second-order valence-corrected chi connectivity index (χ2v) is 8.84. The monoisotopic (exact) mass is 521 g/mol. The summed E-state index contributed by atoms with van der Waals surface area (Å²) in [6, 6.07) is 26.8. The normalized spacial score (nSPS) is 10.8. The minimum absolute atomic E-state index is 0. The van der Waals surface area contributed by atoms with Gasteiger partial charge in [-0.25, -0.2) is 4.57 Å². The van der Waals surface area contributed by atoms with E-state index in [4.69, 9.17) is 0 Å². The summed E-state index contributed by atoms with van der Waals surface area (Å²) in [6.07, 6.45) is 0. The van der Waals surface area contributed by atoms with E-state index in [-0.39, 0.29) is 17.0 Å². The van der Waals surface area contributed by atoms with Crippen LogP contribution in [0.5, 0.6) is 0 Å². The summed E-state index contributed by atoms with van der Waals surface area (Å²) >= 11 is 1.65. The van der Waals surface area contributed by atoms with Crippen LogP contribution in [0.4, 0.5) is 22.2 Å². The summed E-state index contributed by atoms with van der Waals surface area (Å²) in [6.45, 7) is 5.66. The lowest BCUT2D eigenvalue weighted by Crippen LogP contribution is -3.00. The van der Waals surface area contributed by atoms with Crippen molar-refractivity contribution in [3.63, 3.8) is 0 Å². The highest BCUT2D eigenvalue weighted by Gasteiger charge is 2.17. The van der Waals surface area contributed by atoms with Crippen molar-refractivity contribution < 1.29 is 21.5 Å². The lowest BCUT2D eigenvalue weighted by Gasteiger charge is -2.15. The molecule has 2 N–H and O–H groups in total. The molecule has 0 saturated carbocycles. The first kappa shape index (κ1) is 24.6. The highest BCUT2D eigenvalue weighted by molar-refractivity contribution is 7.14. The Hall–Kier alpha value is -3.03. The molecular weight excluding hydrogens is 494 g/mol. The van der Waals surface area contributed by atoms with Gasteiger partial charge in [0.2, 0.25) is 0 Å². The van der Waals surface area contributed by atoms with Crippen LogP contribution in [-0.2, 0) is 20.1 Å². The number of aromatic nitrogens is 1. The van der Waals surface area contributed by atoms with Gasteiger partial charge in [0.15, 0.2) is 0 Å². The fourth-order valence-corrected chi connectivity index (χ4v) is 4.29. The molecule has 0 unspecified atom stereocenters. The van der Waals surface area contributed by atoms with Gasteiger partial charge in [0.05, 0.1) is 28.4 Å². The smallest absolute Gasteiger partial charge is 0.408 e. The third kappa shape index (κ3) is 6.27. The standard InChI is InChI=1S/C26H27N5S.BrH/c1-19-20(2)32-26(31(19)3)30-29-24-16-10-15-23(27-17-21-11-6-4-7-12-21)25(24)28-18-22-13-8-5-9-14-22;/h4-16H,17-18H2,1-3H3,(H,27,29);1H. The molecule has 7 heteroatoms. The average molecular weight is 523 g/mol. The van der Waals surface area contributed by atoms with Crippen molar-refractivity contribution in [3.8, 4) is 0 Å². The van der Waals surface area contributed by atoms with E-state index >= 15 is 0 Å². The molecule has 170 valence electrons. The predicted molar refractivity (Wildman–Crippen MR) is 133 cm³/mol. The second-order valence-electron chi connectivity index (χ2n) is 7.66. The SMILES string of the molecule is Cc1sc(N=Nc2cccc(NCc3ccccc3)c2NCc2ccccc2)[n+](C)c1C.[Br-]. The van der Waals surface area contributed by atoms with Crippen LogP contribution in [0.2, 0.25) is 0 Å². The van der Waals surface area contributed by atoms with Gasteiger partial charge in [0.25, 0.3) is 0 Å². The number of rotatable bonds is 8. The van der Waals surface area contributed by atoms with Crippen LogP contribution in [0.1, 0.15) is 21.7 Å². The van der Waals surface area contributed by atoms with E-state index in [1.54, 1.807) is 11.3 Å². The van der Waals surface area contributed by atoms with Gasteiger partial charge in [0.1, 0.15) is 11.4 Å². The third-order valence-electron chi connectivity index (χ3n) is 5.47. The molecule has 0 aliphatic carbocycles. The Morgan fingerprint density at radius 2 is 1.36 bits per heavy atom. The van der Waals surface area contributed by atoms with Crippen LogP contribution in [0.15, 0.2) is 89.1 Å². The van der Waals surface area contributed by atoms with Crippen molar-refractivity contribution in [2.75, 3.05) is 10.6 Å². The molecule has 0 bridgehead atoms. The first-order valence-electron chi connectivity index (χ1n) is 10.7. The minimum atomic E-state index is 0. The largest absolute Gasteiger partial charge is 1.00 e. The summed E-state index contributed by atoms with van der Waals surface area (Å²) in [4.78, 5) is 1.25. The Kier molecular flexibility index (Phi) is 8.74. The number of thiazole rings is 1. The van der Waals surface area contributed by atoms with Gasteiger partial charge in [-0.05, 0) is 53.6 Å². The summed E-state index contributed by atoms with van der Waals surface area (Å²) in [5.74, 6) is 0. The molecule has 0 amide bonds. The minimum Gasteiger partial charge on any atom is -1.00 e. The molecule has 33 heavy (non-hydrogen) atoms. The first-order valence-corrected chi connectivity index (χ1v) is 11.5. The summed E-state index contributed by atoms with van der Waals surface area (Å²) in [5.41, 5.74) is 6.41. The number of para-hydroxylation sites is 1. The van der Waals surface area contributed by atoms with E-state index in [9.17, 15) is 0 Å². The number of benzene rings is 3. The highest BCUT2D eigenvalue weighted by atomic mass is 79.9. The van der Waals surface area contributed by atoms with E-state index in [0.717, 1.165) is 28.7 Å². The van der Waals surface area contributed by atoms with Gasteiger partial charge in [-0.1, -0.05) is 66.7 Å². The van der Waals surface area contributed by atoms with E-state index in [2.05, 4.69) is 93.9 Å². The van der Waals surface area contributed by atoms with Crippen molar-refractivity contribution in [1.29, 1.82) is 0 Å². The average Bonchev–Trinajstić information content (AvgIpc) is 3.08. The molecule has 0 aliphatic rings. The van der Waals surface area contributed by atoms with Crippen LogP contribution < -0.4 is 32.2 Å². The van der Waals surface area contributed by atoms with E-state index in [0.29, 0.717) is 6.54 Å². The predicted octanol–water partition coefficient (Wildman–Crippen LogP) is 3.83. The van der Waals surface area contributed by atoms with Crippen LogP contribution in [0, 0.1) is 13.8 Å². The molecule has 0 atom stereocenters. The van der Waals surface area contributed by atoms with E-state index < -0.39 is 0 Å². The quantitative estimate of drug-likeness (QED) is 0.273. The number of nitrogens with zero attached hydrogens (tertiary/aromatic N) is 3. The van der Waals surface area contributed by atoms with Crippen LogP contribution >= 0.6 is 11.3 Å². The molecule has 1 heterocycles. The lowest BCUT2D eigenvalue weighted by atomic mass is 10.1. The third-order valence-corrected chi connectivity index (χ3v) is 6.61. The first-order chi connectivity index (χ1) is 15.6. The number of aryl methyl sites for hydroxylation is 1. The van der Waals surface area contributed by atoms with Crippen LogP contribution in [-0.4, -0.2) is 0 Å². The Balaban J connectivity index is 0.00000306.